The van der Waals surface area contributed by atoms with Crippen LogP contribution >= 0.6 is 0 Å². The van der Waals surface area contributed by atoms with Crippen LogP contribution in [-0.4, -0.2) is 42.5 Å². The van der Waals surface area contributed by atoms with E-state index in [4.69, 9.17) is 0 Å². The summed E-state index contributed by atoms with van der Waals surface area (Å²) in [5, 5.41) is 0. The average Bonchev–Trinajstić information content (AvgIpc) is 2.83. The first-order valence-electron chi connectivity index (χ1n) is 14.3. The highest BCUT2D eigenvalue weighted by Crippen LogP contribution is 2.18. The third-order valence-corrected chi connectivity index (χ3v) is 11.8. The van der Waals surface area contributed by atoms with Crippen LogP contribution in [0, 0.1) is 41.5 Å². The van der Waals surface area contributed by atoms with Gasteiger partial charge in [-0.15, -0.1) is 0 Å². The molecule has 0 aliphatic rings. The molecule has 0 saturated carbocycles. The van der Waals surface area contributed by atoms with Crippen molar-refractivity contribution in [3.8, 4) is 0 Å². The van der Waals surface area contributed by atoms with Crippen LogP contribution in [0.25, 0.3) is 0 Å². The van der Waals surface area contributed by atoms with Crippen molar-refractivity contribution in [1.82, 2.24) is 0 Å². The Balaban J connectivity index is -0.000000130. The number of benzene rings is 3. The van der Waals surface area contributed by atoms with Gasteiger partial charge in [-0.05, 0) is 131 Å². The Hall–Kier alpha value is -2.49. The predicted octanol–water partition coefficient (Wildman–Crippen LogP) is 11.3. The van der Waals surface area contributed by atoms with Crippen molar-refractivity contribution in [1.29, 1.82) is 0 Å². The van der Waals surface area contributed by atoms with Gasteiger partial charge in [0.1, 0.15) is 0 Å². The molecule has 6 nitrogen and oxygen atoms in total. The average molecular weight is 733 g/mol. The summed E-state index contributed by atoms with van der Waals surface area (Å²) in [6, 6.07) is 16.3. The topological polar surface area (TPSA) is 102 Å². The van der Waals surface area contributed by atoms with Gasteiger partial charge in [0, 0.05) is 0 Å². The molecule has 282 valence electrons. The van der Waals surface area contributed by atoms with Crippen LogP contribution in [0.4, 0.5) is 0 Å². The molecule has 0 amide bonds. The summed E-state index contributed by atoms with van der Waals surface area (Å²) in [5.41, 5.74) is 6.00. The van der Waals surface area contributed by atoms with E-state index in [1.54, 1.807) is 36.4 Å². The molecule has 3 aromatic rings. The van der Waals surface area contributed by atoms with E-state index in [9.17, 15) is 25.3 Å². The van der Waals surface area contributed by atoms with E-state index >= 15 is 0 Å². The molecule has 0 N–H and O–H groups in total. The van der Waals surface area contributed by atoms with Gasteiger partial charge in [0.25, 0.3) is 0 Å². The molecule has 0 unspecified atom stereocenters. The minimum Gasteiger partial charge on any atom is -0.224 e. The summed E-state index contributed by atoms with van der Waals surface area (Å²) in [6.07, 6.45) is 1.99. The number of hydrogen-bond donors (Lipinski definition) is 0. The molecule has 0 bridgehead atoms. The molecular weight excluding hydrogens is 661 g/mol. The molecule has 0 aliphatic heterocycles. The third-order valence-electron chi connectivity index (χ3n) is 6.08. The Labute approximate surface area is 299 Å². The first-order chi connectivity index (χ1) is 19.4. The maximum atomic E-state index is 11.7. The second-order valence-corrected chi connectivity index (χ2v) is 17.3. The number of rotatable bonds is 9. The Morgan fingerprint density at radius 3 is 0.604 bits per heavy atom. The SMILES string of the molecule is C.C.C.C.C.C.CCCS(=O)(=O)c1cc(C)cc(C)c1.CCCS(=O)(=O)c1cc(C)cc(C)c1.CCCS(=O)(=O)c1cc(C)cc(C)c1. The molecule has 0 atom stereocenters. The van der Waals surface area contributed by atoms with Gasteiger partial charge in [0.15, 0.2) is 29.5 Å². The molecule has 0 radical (unpaired) electrons. The van der Waals surface area contributed by atoms with E-state index in [1.807, 2.05) is 80.5 Å². The van der Waals surface area contributed by atoms with Crippen molar-refractivity contribution < 1.29 is 25.3 Å². The molecule has 3 aromatic carbocycles. The summed E-state index contributed by atoms with van der Waals surface area (Å²) in [6.45, 7) is 17.1. The van der Waals surface area contributed by atoms with Crippen molar-refractivity contribution in [3.05, 3.63) is 88.0 Å². The quantitative estimate of drug-likeness (QED) is 0.217. The van der Waals surface area contributed by atoms with Gasteiger partial charge in [-0.25, -0.2) is 25.3 Å². The Bertz CT molecular complexity index is 1400. The zero-order valence-corrected chi connectivity index (χ0v) is 29.1. The lowest BCUT2D eigenvalue weighted by atomic mass is 10.2. The van der Waals surface area contributed by atoms with E-state index in [0.717, 1.165) is 33.4 Å². The van der Waals surface area contributed by atoms with Gasteiger partial charge in [0.05, 0.1) is 31.9 Å². The fraction of sp³-hybridized carbons (Fsp3) is 0.538. The van der Waals surface area contributed by atoms with Crippen LogP contribution in [-0.2, 0) is 29.5 Å². The summed E-state index contributed by atoms with van der Waals surface area (Å²) in [4.78, 5) is 1.37. The van der Waals surface area contributed by atoms with Gasteiger partial charge >= 0.3 is 0 Å². The lowest BCUT2D eigenvalue weighted by Gasteiger charge is -2.05. The van der Waals surface area contributed by atoms with Gasteiger partial charge < -0.3 is 0 Å². The van der Waals surface area contributed by atoms with Crippen molar-refractivity contribution in [3.63, 3.8) is 0 Å². The molecule has 0 aliphatic carbocycles. The first kappa shape index (κ1) is 57.8. The molecule has 0 saturated heterocycles. The minimum atomic E-state index is -3.06. The van der Waals surface area contributed by atoms with Crippen molar-refractivity contribution in [2.24, 2.45) is 0 Å². The molecule has 0 heterocycles. The van der Waals surface area contributed by atoms with Gasteiger partial charge in [-0.3, -0.25) is 0 Å². The smallest absolute Gasteiger partial charge is 0.178 e. The lowest BCUT2D eigenvalue weighted by molar-refractivity contribution is 0.593. The zero-order valence-electron chi connectivity index (χ0n) is 26.6. The molecule has 48 heavy (non-hydrogen) atoms. The van der Waals surface area contributed by atoms with Gasteiger partial charge in [-0.1, -0.05) is 83.5 Å². The summed E-state index contributed by atoms with van der Waals surface area (Å²) < 4.78 is 70.4. The van der Waals surface area contributed by atoms with Crippen LogP contribution in [0.2, 0.25) is 0 Å². The lowest BCUT2D eigenvalue weighted by Crippen LogP contribution is -2.06. The maximum absolute atomic E-state index is 11.7. The zero-order chi connectivity index (χ0) is 32.3. The predicted molar refractivity (Wildman–Crippen MR) is 215 cm³/mol. The highest BCUT2D eigenvalue weighted by molar-refractivity contribution is 7.92. The maximum Gasteiger partial charge on any atom is 0.178 e. The Morgan fingerprint density at radius 2 is 0.479 bits per heavy atom. The standard InChI is InChI=1S/3C11H16O2S.6CH4/c3*1-4-5-14(12,13)11-7-9(2)6-10(3)8-11;;;;;;/h3*6-8H,4-5H2,1-3H3;6*1H4. The van der Waals surface area contributed by atoms with E-state index in [1.165, 1.54) is 0 Å². The fourth-order valence-corrected chi connectivity index (χ4v) is 9.01. The molecule has 0 spiro atoms. The Morgan fingerprint density at radius 1 is 0.333 bits per heavy atom. The second kappa shape index (κ2) is 25.5. The summed E-state index contributed by atoms with van der Waals surface area (Å²) >= 11 is 0. The third kappa shape index (κ3) is 19.5. The summed E-state index contributed by atoms with van der Waals surface area (Å²) in [7, 11) is -9.17. The van der Waals surface area contributed by atoms with Gasteiger partial charge in [-0.2, -0.15) is 0 Å². The second-order valence-electron chi connectivity index (χ2n) is 10.9. The van der Waals surface area contributed by atoms with Crippen LogP contribution < -0.4 is 0 Å². The molecule has 9 heteroatoms. The first-order valence-corrected chi connectivity index (χ1v) is 19.3. The van der Waals surface area contributed by atoms with E-state index in [2.05, 4.69) is 0 Å². The van der Waals surface area contributed by atoms with Crippen LogP contribution in [0.5, 0.6) is 0 Å². The van der Waals surface area contributed by atoms with E-state index in [0.29, 0.717) is 33.9 Å². The van der Waals surface area contributed by atoms with Crippen molar-refractivity contribution >= 4 is 29.5 Å². The van der Waals surface area contributed by atoms with Crippen molar-refractivity contribution in [2.45, 2.75) is 141 Å². The number of hydrogen-bond acceptors (Lipinski definition) is 6. The fourth-order valence-electron chi connectivity index (χ4n) is 4.50. The summed E-state index contributed by atoms with van der Waals surface area (Å²) in [5.74, 6) is 0.696. The van der Waals surface area contributed by atoms with E-state index < -0.39 is 29.5 Å². The number of sulfone groups is 3. The molecule has 0 aromatic heterocycles. The normalized spacial score (nSPS) is 10.2. The van der Waals surface area contributed by atoms with Crippen LogP contribution in [0.3, 0.4) is 0 Å². The van der Waals surface area contributed by atoms with Gasteiger partial charge in [0.2, 0.25) is 0 Å². The Kier molecular flexibility index (Phi) is 30.7. The molecular formula is C39H72O6S3. The molecule has 0 fully saturated rings. The highest BCUT2D eigenvalue weighted by Gasteiger charge is 2.15. The minimum absolute atomic E-state index is 0. The molecule has 3 rings (SSSR count). The highest BCUT2D eigenvalue weighted by atomic mass is 32.2. The van der Waals surface area contributed by atoms with Crippen molar-refractivity contribution in [2.75, 3.05) is 17.3 Å². The van der Waals surface area contributed by atoms with Crippen LogP contribution in [0.15, 0.2) is 69.3 Å². The largest absolute Gasteiger partial charge is 0.224 e. The van der Waals surface area contributed by atoms with Crippen LogP contribution in [0.1, 0.15) is 118 Å². The monoisotopic (exact) mass is 732 g/mol. The number of aryl methyl sites for hydroxylation is 6. The van der Waals surface area contributed by atoms with E-state index in [-0.39, 0.29) is 61.8 Å².